The van der Waals surface area contributed by atoms with Gasteiger partial charge in [-0.2, -0.15) is 9.97 Å². The minimum absolute atomic E-state index is 0.00539. The number of carbonyl (C=O) groups excluding carboxylic acids is 2. The summed E-state index contributed by atoms with van der Waals surface area (Å²) in [5, 5.41) is 3.17. The molecule has 49 heavy (non-hydrogen) atoms. The summed E-state index contributed by atoms with van der Waals surface area (Å²) in [5.74, 6) is -2.03. The highest BCUT2D eigenvalue weighted by molar-refractivity contribution is 6.34. The van der Waals surface area contributed by atoms with Gasteiger partial charge in [0.15, 0.2) is 17.5 Å². The SMILES string of the molecule is CC(=O)Nc1nc(-c2c(Cl)cc3c(N4CCN(C(=O)OC(C)(C)C)C[C@@H]4C)nc(OCC4CCCN4C)nc3c2F)c2ccccc2c1F. The molecule has 2 aromatic heterocycles. The lowest BCUT2D eigenvalue weighted by molar-refractivity contribution is -0.114. The second kappa shape index (κ2) is 13.5. The molecule has 2 aliphatic heterocycles. The molecule has 0 saturated carbocycles. The topological polar surface area (TPSA) is 113 Å². The number of halogens is 3. The maximum atomic E-state index is 17.0. The second-order valence-corrected chi connectivity index (χ2v) is 14.1. The van der Waals surface area contributed by atoms with E-state index in [1.165, 1.54) is 13.0 Å². The van der Waals surface area contributed by atoms with Crippen LogP contribution in [0.25, 0.3) is 32.9 Å². The molecule has 4 aromatic rings. The zero-order valence-electron chi connectivity index (χ0n) is 28.4. The third-order valence-corrected chi connectivity index (χ3v) is 9.15. The van der Waals surface area contributed by atoms with E-state index in [-0.39, 0.29) is 51.1 Å². The number of rotatable bonds is 6. The Bertz CT molecular complexity index is 1940. The van der Waals surface area contributed by atoms with Crippen LogP contribution in [0.3, 0.4) is 0 Å². The Morgan fingerprint density at radius 1 is 1.04 bits per heavy atom. The number of nitrogens with one attached hydrogen (secondary N) is 1. The van der Waals surface area contributed by atoms with Gasteiger partial charge in [0.2, 0.25) is 5.91 Å². The van der Waals surface area contributed by atoms with Crippen molar-refractivity contribution in [1.29, 1.82) is 0 Å². The van der Waals surface area contributed by atoms with Gasteiger partial charge >= 0.3 is 12.1 Å². The van der Waals surface area contributed by atoms with Crippen LogP contribution in [0.2, 0.25) is 5.02 Å². The van der Waals surface area contributed by atoms with Crippen LogP contribution < -0.4 is 15.0 Å². The Balaban J connectivity index is 1.48. The summed E-state index contributed by atoms with van der Waals surface area (Å²) in [5.41, 5.74) is -0.762. The van der Waals surface area contributed by atoms with Crippen molar-refractivity contribution in [3.8, 4) is 17.3 Å². The number of hydrogen-bond donors (Lipinski definition) is 1. The normalized spacial score (nSPS) is 18.7. The van der Waals surface area contributed by atoms with Gasteiger partial charge in [-0.25, -0.2) is 18.6 Å². The summed E-state index contributed by atoms with van der Waals surface area (Å²) >= 11 is 6.88. The van der Waals surface area contributed by atoms with Crippen molar-refractivity contribution in [3.05, 3.63) is 47.0 Å². The number of hydrogen-bond acceptors (Lipinski definition) is 9. The van der Waals surface area contributed by atoms with E-state index in [4.69, 9.17) is 26.1 Å². The van der Waals surface area contributed by atoms with E-state index in [0.717, 1.165) is 19.4 Å². The van der Waals surface area contributed by atoms with Gasteiger partial charge < -0.3 is 29.5 Å². The second-order valence-electron chi connectivity index (χ2n) is 13.7. The van der Waals surface area contributed by atoms with E-state index < -0.39 is 29.2 Å². The highest BCUT2D eigenvalue weighted by Gasteiger charge is 2.33. The lowest BCUT2D eigenvalue weighted by Gasteiger charge is -2.41. The number of nitrogens with zero attached hydrogens (tertiary/aromatic N) is 6. The summed E-state index contributed by atoms with van der Waals surface area (Å²) in [6, 6.07) is 7.95. The third-order valence-electron chi connectivity index (χ3n) is 8.85. The van der Waals surface area contributed by atoms with Gasteiger partial charge in [0.05, 0.1) is 16.3 Å². The molecule has 0 spiro atoms. The average molecular weight is 696 g/mol. The number of piperazine rings is 1. The van der Waals surface area contributed by atoms with Crippen molar-refractivity contribution < 1.29 is 27.8 Å². The summed E-state index contributed by atoms with van der Waals surface area (Å²) in [6.07, 6.45) is 1.59. The van der Waals surface area contributed by atoms with Crippen molar-refractivity contribution in [2.75, 3.05) is 50.1 Å². The highest BCUT2D eigenvalue weighted by Crippen LogP contribution is 2.42. The fourth-order valence-corrected chi connectivity index (χ4v) is 6.74. The number of benzene rings is 2. The zero-order chi connectivity index (χ0) is 35.2. The molecule has 0 bridgehead atoms. The van der Waals surface area contributed by atoms with E-state index in [9.17, 15) is 9.59 Å². The molecule has 4 heterocycles. The molecule has 2 atom stereocenters. The van der Waals surface area contributed by atoms with E-state index in [0.29, 0.717) is 42.8 Å². The molecule has 11 nitrogen and oxygen atoms in total. The molecule has 2 aliphatic rings. The third kappa shape index (κ3) is 7.04. The molecule has 6 rings (SSSR count). The summed E-state index contributed by atoms with van der Waals surface area (Å²) in [4.78, 5) is 44.3. The van der Waals surface area contributed by atoms with Crippen molar-refractivity contribution in [3.63, 3.8) is 0 Å². The zero-order valence-corrected chi connectivity index (χ0v) is 29.2. The Hall–Kier alpha value is -4.36. The average Bonchev–Trinajstić information content (AvgIpc) is 3.45. The number of amides is 2. The molecule has 2 amide bonds. The van der Waals surface area contributed by atoms with Gasteiger partial charge in [-0.1, -0.05) is 35.9 Å². The number of ether oxygens (including phenoxy) is 2. The van der Waals surface area contributed by atoms with Crippen LogP contribution in [0.1, 0.15) is 47.5 Å². The molecule has 260 valence electrons. The molecule has 0 radical (unpaired) electrons. The number of carbonyl (C=O) groups is 2. The Labute approximate surface area is 288 Å². The van der Waals surface area contributed by atoms with E-state index in [2.05, 4.69) is 20.2 Å². The van der Waals surface area contributed by atoms with Crippen molar-refractivity contribution >= 4 is 56.9 Å². The quantitative estimate of drug-likeness (QED) is 0.237. The van der Waals surface area contributed by atoms with Gasteiger partial charge in [-0.3, -0.25) is 4.79 Å². The molecule has 0 aliphatic carbocycles. The Kier molecular flexibility index (Phi) is 9.51. The highest BCUT2D eigenvalue weighted by atomic mass is 35.5. The van der Waals surface area contributed by atoms with Gasteiger partial charge in [0.25, 0.3) is 0 Å². The monoisotopic (exact) mass is 695 g/mol. The molecular formula is C35H40ClF2N7O4. The molecule has 2 saturated heterocycles. The molecule has 1 N–H and O–H groups in total. The van der Waals surface area contributed by atoms with Crippen molar-refractivity contribution in [2.24, 2.45) is 0 Å². The number of likely N-dealkylation sites (tertiary alicyclic amines) is 1. The minimum Gasteiger partial charge on any atom is -0.462 e. The van der Waals surface area contributed by atoms with Crippen LogP contribution in [0.4, 0.5) is 25.2 Å². The largest absolute Gasteiger partial charge is 0.462 e. The van der Waals surface area contributed by atoms with Crippen LogP contribution in [0.5, 0.6) is 6.01 Å². The van der Waals surface area contributed by atoms with E-state index in [1.807, 2.05) is 39.6 Å². The number of pyridine rings is 1. The molecule has 14 heteroatoms. The Morgan fingerprint density at radius 3 is 2.43 bits per heavy atom. The lowest BCUT2D eigenvalue weighted by Crippen LogP contribution is -2.55. The van der Waals surface area contributed by atoms with Crippen molar-refractivity contribution in [2.45, 2.75) is 65.1 Å². The van der Waals surface area contributed by atoms with Crippen LogP contribution >= 0.6 is 11.6 Å². The first-order valence-electron chi connectivity index (χ1n) is 16.4. The molecular weight excluding hydrogens is 656 g/mol. The molecule has 1 unspecified atom stereocenters. The summed E-state index contributed by atoms with van der Waals surface area (Å²) in [6.45, 7) is 11.0. The van der Waals surface area contributed by atoms with Crippen LogP contribution in [-0.4, -0.2) is 94.3 Å². The number of likely N-dealkylation sites (N-methyl/N-ethyl adjacent to an activating group) is 1. The minimum atomic E-state index is -0.799. The first kappa shape index (κ1) is 34.5. The van der Waals surface area contributed by atoms with Gasteiger partial charge in [0.1, 0.15) is 23.5 Å². The summed E-state index contributed by atoms with van der Waals surface area (Å²) in [7, 11) is 2.03. The fraction of sp³-hybridized carbons (Fsp3) is 0.457. The number of anilines is 2. The smallest absolute Gasteiger partial charge is 0.410 e. The Morgan fingerprint density at radius 2 is 1.78 bits per heavy atom. The maximum absolute atomic E-state index is 17.0. The molecule has 2 fully saturated rings. The lowest BCUT2D eigenvalue weighted by atomic mass is 10.0. The van der Waals surface area contributed by atoms with Crippen LogP contribution in [0, 0.1) is 11.6 Å². The van der Waals surface area contributed by atoms with Crippen LogP contribution in [0.15, 0.2) is 30.3 Å². The van der Waals surface area contributed by atoms with E-state index in [1.54, 1.807) is 29.2 Å². The standard InChI is InChI=1S/C35H40ClF2N7O4/c1-19-17-44(34(47)49-35(3,4)5)14-15-45(19)32-24-16-25(36)26(28(38)30(24)41-33(42-32)48-18-21-10-9-13-43(21)6)29-23-12-8-7-11-22(23)27(37)31(40-29)39-20(2)46/h7-8,11-12,16,19,21H,9-10,13-15,17-18H2,1-6H3,(H,39,40,46)/t19-,21?/m0/s1. The number of fused-ring (bicyclic) bond motifs is 2. The van der Waals surface area contributed by atoms with Gasteiger partial charge in [-0.15, -0.1) is 0 Å². The fourth-order valence-electron chi connectivity index (χ4n) is 6.46. The first-order chi connectivity index (χ1) is 23.2. The van der Waals surface area contributed by atoms with Gasteiger partial charge in [0, 0.05) is 54.8 Å². The number of aromatic nitrogens is 3. The molecule has 2 aromatic carbocycles. The van der Waals surface area contributed by atoms with Crippen LogP contribution in [-0.2, 0) is 9.53 Å². The predicted molar refractivity (Wildman–Crippen MR) is 185 cm³/mol. The first-order valence-corrected chi connectivity index (χ1v) is 16.7. The predicted octanol–water partition coefficient (Wildman–Crippen LogP) is 6.65. The summed E-state index contributed by atoms with van der Waals surface area (Å²) < 4.78 is 44.2. The maximum Gasteiger partial charge on any atom is 0.410 e. The van der Waals surface area contributed by atoms with Crippen molar-refractivity contribution in [1.82, 2.24) is 24.8 Å². The van der Waals surface area contributed by atoms with E-state index >= 15 is 8.78 Å². The van der Waals surface area contributed by atoms with Gasteiger partial charge in [-0.05, 0) is 60.2 Å².